The molecular weight excluding hydrogens is 293 g/mol. The van der Waals surface area contributed by atoms with Gasteiger partial charge in [0.1, 0.15) is 5.82 Å². The zero-order chi connectivity index (χ0) is 13.3. The van der Waals surface area contributed by atoms with Gasteiger partial charge in [0, 0.05) is 17.6 Å². The van der Waals surface area contributed by atoms with Gasteiger partial charge in [-0.3, -0.25) is 4.90 Å². The standard InChI is InChI=1S/C15H21BrFN/c1-15(2,3)12-4-5-18(10-12)9-11-6-13(16)8-14(17)7-11/h6-8,12H,4-5,9-10H2,1-3H3. The molecule has 2 rings (SSSR count). The second-order valence-electron chi connectivity index (χ2n) is 6.36. The van der Waals surface area contributed by atoms with E-state index in [1.54, 1.807) is 6.07 Å². The summed E-state index contributed by atoms with van der Waals surface area (Å²) >= 11 is 3.35. The van der Waals surface area contributed by atoms with Crippen LogP contribution in [0, 0.1) is 17.2 Å². The zero-order valence-electron chi connectivity index (χ0n) is 11.3. The number of benzene rings is 1. The van der Waals surface area contributed by atoms with Crippen LogP contribution in [0.15, 0.2) is 22.7 Å². The van der Waals surface area contributed by atoms with Crippen LogP contribution in [-0.4, -0.2) is 18.0 Å². The van der Waals surface area contributed by atoms with Gasteiger partial charge in [-0.25, -0.2) is 4.39 Å². The monoisotopic (exact) mass is 313 g/mol. The largest absolute Gasteiger partial charge is 0.299 e. The molecule has 0 amide bonds. The van der Waals surface area contributed by atoms with Crippen LogP contribution in [0.2, 0.25) is 0 Å². The van der Waals surface area contributed by atoms with Gasteiger partial charge in [0.2, 0.25) is 0 Å². The van der Waals surface area contributed by atoms with Gasteiger partial charge < -0.3 is 0 Å². The quantitative estimate of drug-likeness (QED) is 0.779. The van der Waals surface area contributed by atoms with E-state index in [4.69, 9.17) is 0 Å². The maximum atomic E-state index is 13.3. The van der Waals surface area contributed by atoms with Crippen molar-refractivity contribution in [1.82, 2.24) is 4.90 Å². The van der Waals surface area contributed by atoms with E-state index in [9.17, 15) is 4.39 Å². The number of nitrogens with zero attached hydrogens (tertiary/aromatic N) is 1. The third-order valence-electron chi connectivity index (χ3n) is 3.83. The van der Waals surface area contributed by atoms with E-state index in [-0.39, 0.29) is 5.82 Å². The van der Waals surface area contributed by atoms with Crippen molar-refractivity contribution in [3.8, 4) is 0 Å². The highest BCUT2D eigenvalue weighted by Gasteiger charge is 2.31. The van der Waals surface area contributed by atoms with Crippen LogP contribution in [0.5, 0.6) is 0 Å². The van der Waals surface area contributed by atoms with Gasteiger partial charge in [-0.15, -0.1) is 0 Å². The van der Waals surface area contributed by atoms with Crippen LogP contribution >= 0.6 is 15.9 Å². The van der Waals surface area contributed by atoms with Crippen molar-refractivity contribution in [1.29, 1.82) is 0 Å². The summed E-state index contributed by atoms with van der Waals surface area (Å²) in [6.45, 7) is 10.0. The second-order valence-corrected chi connectivity index (χ2v) is 7.28. The summed E-state index contributed by atoms with van der Waals surface area (Å²) in [6.07, 6.45) is 1.25. The molecule has 0 bridgehead atoms. The third-order valence-corrected chi connectivity index (χ3v) is 4.28. The van der Waals surface area contributed by atoms with E-state index < -0.39 is 0 Å². The predicted molar refractivity (Wildman–Crippen MR) is 76.9 cm³/mol. The fraction of sp³-hybridized carbons (Fsp3) is 0.600. The van der Waals surface area contributed by atoms with Gasteiger partial charge in [0.15, 0.2) is 0 Å². The van der Waals surface area contributed by atoms with E-state index in [2.05, 4.69) is 41.6 Å². The maximum absolute atomic E-state index is 13.3. The average Bonchev–Trinajstić information content (AvgIpc) is 2.63. The van der Waals surface area contributed by atoms with Crippen LogP contribution in [0.25, 0.3) is 0 Å². The first-order valence-corrected chi connectivity index (χ1v) is 7.31. The topological polar surface area (TPSA) is 3.24 Å². The van der Waals surface area contributed by atoms with Gasteiger partial charge in [0.25, 0.3) is 0 Å². The molecule has 1 nitrogen and oxygen atoms in total. The SMILES string of the molecule is CC(C)(C)C1CCN(Cc2cc(F)cc(Br)c2)C1. The number of halogens is 2. The molecule has 1 aromatic rings. The molecular formula is C15H21BrFN. The summed E-state index contributed by atoms with van der Waals surface area (Å²) in [6, 6.07) is 5.15. The normalized spacial score (nSPS) is 21.5. The molecule has 0 radical (unpaired) electrons. The minimum Gasteiger partial charge on any atom is -0.299 e. The molecule has 100 valence electrons. The van der Waals surface area contributed by atoms with Crippen molar-refractivity contribution < 1.29 is 4.39 Å². The fourth-order valence-corrected chi connectivity index (χ4v) is 3.16. The Morgan fingerprint density at radius 1 is 1.33 bits per heavy atom. The maximum Gasteiger partial charge on any atom is 0.124 e. The van der Waals surface area contributed by atoms with E-state index >= 15 is 0 Å². The van der Waals surface area contributed by atoms with Crippen molar-refractivity contribution in [2.24, 2.45) is 11.3 Å². The predicted octanol–water partition coefficient (Wildman–Crippen LogP) is 4.46. The highest BCUT2D eigenvalue weighted by Crippen LogP contribution is 2.34. The van der Waals surface area contributed by atoms with Crippen molar-refractivity contribution in [2.45, 2.75) is 33.7 Å². The minimum absolute atomic E-state index is 0.161. The third kappa shape index (κ3) is 3.55. The van der Waals surface area contributed by atoms with E-state index in [1.807, 2.05) is 6.07 Å². The lowest BCUT2D eigenvalue weighted by Crippen LogP contribution is -2.25. The van der Waals surface area contributed by atoms with Gasteiger partial charge >= 0.3 is 0 Å². The molecule has 0 spiro atoms. The lowest BCUT2D eigenvalue weighted by molar-refractivity contribution is 0.226. The summed E-state index contributed by atoms with van der Waals surface area (Å²) in [7, 11) is 0. The van der Waals surface area contributed by atoms with Gasteiger partial charge in [-0.2, -0.15) is 0 Å². The average molecular weight is 314 g/mol. The van der Waals surface area contributed by atoms with Gasteiger partial charge in [-0.1, -0.05) is 36.7 Å². The lowest BCUT2D eigenvalue weighted by Gasteiger charge is -2.27. The summed E-state index contributed by atoms with van der Waals surface area (Å²) in [5.74, 6) is 0.584. The number of hydrogen-bond donors (Lipinski definition) is 0. The molecule has 0 saturated carbocycles. The summed E-state index contributed by atoms with van der Waals surface area (Å²) in [4.78, 5) is 2.43. The Hall–Kier alpha value is -0.410. The van der Waals surface area contributed by atoms with Gasteiger partial charge in [-0.05, 0) is 48.1 Å². The summed E-state index contributed by atoms with van der Waals surface area (Å²) in [5.41, 5.74) is 1.42. The van der Waals surface area contributed by atoms with E-state index in [1.165, 1.54) is 12.5 Å². The smallest absolute Gasteiger partial charge is 0.124 e. The first-order valence-electron chi connectivity index (χ1n) is 6.52. The van der Waals surface area contributed by atoms with Crippen LogP contribution < -0.4 is 0 Å². The molecule has 0 aromatic heterocycles. The van der Waals surface area contributed by atoms with Crippen molar-refractivity contribution in [2.75, 3.05) is 13.1 Å². The van der Waals surface area contributed by atoms with Crippen LogP contribution in [-0.2, 0) is 6.54 Å². The minimum atomic E-state index is -0.161. The Bertz CT molecular complexity index is 405. The molecule has 1 atom stereocenters. The van der Waals surface area contributed by atoms with Gasteiger partial charge in [0.05, 0.1) is 0 Å². The molecule has 3 heteroatoms. The Morgan fingerprint density at radius 2 is 2.06 bits per heavy atom. The van der Waals surface area contributed by atoms with Crippen LogP contribution in [0.3, 0.4) is 0 Å². The molecule has 1 aromatic carbocycles. The highest BCUT2D eigenvalue weighted by atomic mass is 79.9. The molecule has 1 unspecified atom stereocenters. The Kier molecular flexibility index (Phi) is 4.12. The van der Waals surface area contributed by atoms with Crippen molar-refractivity contribution in [3.63, 3.8) is 0 Å². The number of rotatable bonds is 2. The first-order chi connectivity index (χ1) is 8.34. The van der Waals surface area contributed by atoms with Crippen LogP contribution in [0.4, 0.5) is 4.39 Å². The summed E-state index contributed by atoms with van der Waals surface area (Å²) < 4.78 is 14.1. The van der Waals surface area contributed by atoms with Crippen LogP contribution in [0.1, 0.15) is 32.8 Å². The molecule has 18 heavy (non-hydrogen) atoms. The zero-order valence-corrected chi connectivity index (χ0v) is 12.9. The molecule has 1 heterocycles. The Morgan fingerprint density at radius 3 is 2.61 bits per heavy atom. The Labute approximate surface area is 118 Å². The first kappa shape index (κ1) is 14.0. The lowest BCUT2D eigenvalue weighted by atomic mass is 9.80. The highest BCUT2D eigenvalue weighted by molar-refractivity contribution is 9.10. The van der Waals surface area contributed by atoms with E-state index in [0.29, 0.717) is 5.41 Å². The van der Waals surface area contributed by atoms with Crippen molar-refractivity contribution >= 4 is 15.9 Å². The fourth-order valence-electron chi connectivity index (χ4n) is 2.64. The molecule has 1 aliphatic rings. The molecule has 0 aliphatic carbocycles. The molecule has 1 saturated heterocycles. The molecule has 1 fully saturated rings. The van der Waals surface area contributed by atoms with E-state index in [0.717, 1.165) is 35.6 Å². The van der Waals surface area contributed by atoms with Crippen molar-refractivity contribution in [3.05, 3.63) is 34.1 Å². The number of likely N-dealkylation sites (tertiary alicyclic amines) is 1. The second kappa shape index (κ2) is 5.30. The number of hydrogen-bond acceptors (Lipinski definition) is 1. The molecule has 1 aliphatic heterocycles. The summed E-state index contributed by atoms with van der Waals surface area (Å²) in [5, 5.41) is 0. The Balaban J connectivity index is 1.99. The molecule has 0 N–H and O–H groups in total.